The van der Waals surface area contributed by atoms with Crippen LogP contribution in [0.4, 0.5) is 0 Å². The second-order valence-corrected chi connectivity index (χ2v) is 9.23. The van der Waals surface area contributed by atoms with Gasteiger partial charge in [-0.2, -0.15) is 0 Å². The highest BCUT2D eigenvalue weighted by Crippen LogP contribution is 2.43. The second-order valence-electron chi connectivity index (χ2n) is 7.91. The van der Waals surface area contributed by atoms with Crippen molar-refractivity contribution in [2.24, 2.45) is 0 Å². The molecule has 1 heterocycles. The van der Waals surface area contributed by atoms with Crippen molar-refractivity contribution in [1.82, 2.24) is 4.57 Å². The first kappa shape index (κ1) is 21.2. The van der Waals surface area contributed by atoms with Gasteiger partial charge in [-0.1, -0.05) is 80.4 Å². The van der Waals surface area contributed by atoms with Crippen LogP contribution in [0, 0.1) is 0 Å². The summed E-state index contributed by atoms with van der Waals surface area (Å²) in [6, 6.07) is 24.9. The van der Waals surface area contributed by atoms with E-state index in [0.717, 1.165) is 35.0 Å². The first-order valence-corrected chi connectivity index (χ1v) is 12.6. The molecular formula is C28H21Br2NO. The molecule has 0 amide bonds. The van der Waals surface area contributed by atoms with Gasteiger partial charge in [-0.15, -0.1) is 0 Å². The van der Waals surface area contributed by atoms with Gasteiger partial charge < -0.3 is 0 Å². The van der Waals surface area contributed by atoms with Gasteiger partial charge in [0.25, 0.3) is 5.56 Å². The zero-order valence-corrected chi connectivity index (χ0v) is 20.6. The molecule has 4 aromatic rings. The van der Waals surface area contributed by atoms with Crippen molar-refractivity contribution >= 4 is 37.9 Å². The fourth-order valence-corrected chi connectivity index (χ4v) is 5.33. The zero-order valence-electron chi connectivity index (χ0n) is 17.4. The Labute approximate surface area is 204 Å². The molecule has 0 saturated carbocycles. The van der Waals surface area contributed by atoms with E-state index in [-0.39, 0.29) is 5.56 Å². The fourth-order valence-electron chi connectivity index (χ4n) is 4.60. The standard InChI is InChI=1S/C28H21Br2NO/c29-14-11-19-5-8-23(9-6-19)31-16-13-22(18-27(31)32)28-20(12-15-30)7-10-25-24-4-2-1-3-21(24)17-26(25)28/h1-11,13-14,16,18H,12,15,17H2. The Bertz CT molecular complexity index is 1380. The highest BCUT2D eigenvalue weighted by molar-refractivity contribution is 9.11. The van der Waals surface area contributed by atoms with E-state index in [9.17, 15) is 4.79 Å². The van der Waals surface area contributed by atoms with Crippen molar-refractivity contribution < 1.29 is 0 Å². The Morgan fingerprint density at radius 2 is 1.75 bits per heavy atom. The number of benzene rings is 3. The summed E-state index contributed by atoms with van der Waals surface area (Å²) >= 11 is 6.90. The van der Waals surface area contributed by atoms with Crippen LogP contribution in [0.25, 0.3) is 34.0 Å². The molecule has 32 heavy (non-hydrogen) atoms. The molecule has 3 aromatic carbocycles. The third-order valence-electron chi connectivity index (χ3n) is 6.07. The molecule has 0 radical (unpaired) electrons. The minimum atomic E-state index is -0.0239. The molecule has 1 aliphatic carbocycles. The van der Waals surface area contributed by atoms with Crippen molar-refractivity contribution in [3.8, 4) is 27.9 Å². The minimum absolute atomic E-state index is 0.0239. The van der Waals surface area contributed by atoms with Gasteiger partial charge in [-0.25, -0.2) is 0 Å². The maximum Gasteiger partial charge on any atom is 0.255 e. The molecular weight excluding hydrogens is 526 g/mol. The normalized spacial score (nSPS) is 12.2. The summed E-state index contributed by atoms with van der Waals surface area (Å²) in [6.07, 6.45) is 5.69. The number of pyridine rings is 1. The molecule has 0 bridgehead atoms. The van der Waals surface area contributed by atoms with Crippen molar-refractivity contribution in [1.29, 1.82) is 0 Å². The van der Waals surface area contributed by atoms with Crippen LogP contribution in [0.15, 0.2) is 88.8 Å². The van der Waals surface area contributed by atoms with E-state index in [2.05, 4.69) is 74.3 Å². The van der Waals surface area contributed by atoms with Gasteiger partial charge in [0.05, 0.1) is 0 Å². The summed E-state index contributed by atoms with van der Waals surface area (Å²) in [5, 5.41) is 0.887. The summed E-state index contributed by atoms with van der Waals surface area (Å²) in [5.74, 6) is 0. The molecule has 0 unspecified atom stereocenters. The molecule has 4 heteroatoms. The molecule has 0 fully saturated rings. The van der Waals surface area contributed by atoms with Crippen LogP contribution in [0.3, 0.4) is 0 Å². The molecule has 5 rings (SSSR count). The molecule has 1 aromatic heterocycles. The summed E-state index contributed by atoms with van der Waals surface area (Å²) in [4.78, 5) is 15.0. The van der Waals surface area contributed by atoms with Gasteiger partial charge in [0.15, 0.2) is 0 Å². The topological polar surface area (TPSA) is 22.0 Å². The lowest BCUT2D eigenvalue weighted by molar-refractivity contribution is 0.990. The minimum Gasteiger partial charge on any atom is -0.284 e. The van der Waals surface area contributed by atoms with E-state index < -0.39 is 0 Å². The monoisotopic (exact) mass is 545 g/mol. The van der Waals surface area contributed by atoms with E-state index in [1.165, 1.54) is 33.4 Å². The number of hydrogen-bond donors (Lipinski definition) is 0. The highest BCUT2D eigenvalue weighted by Gasteiger charge is 2.23. The largest absolute Gasteiger partial charge is 0.284 e. The quantitative estimate of drug-likeness (QED) is 0.211. The lowest BCUT2D eigenvalue weighted by Crippen LogP contribution is -2.16. The maximum absolute atomic E-state index is 13.1. The maximum atomic E-state index is 13.1. The predicted molar refractivity (Wildman–Crippen MR) is 141 cm³/mol. The van der Waals surface area contributed by atoms with Crippen LogP contribution in [0.2, 0.25) is 0 Å². The number of hydrogen-bond acceptors (Lipinski definition) is 1. The summed E-state index contributed by atoms with van der Waals surface area (Å²) in [5.41, 5.74) is 10.7. The number of fused-ring (bicyclic) bond motifs is 3. The Balaban J connectivity index is 1.61. The molecule has 0 saturated heterocycles. The van der Waals surface area contributed by atoms with Crippen LogP contribution in [-0.2, 0) is 12.8 Å². The number of aryl methyl sites for hydroxylation is 1. The third-order valence-corrected chi connectivity index (χ3v) is 6.73. The van der Waals surface area contributed by atoms with Gasteiger partial charge >= 0.3 is 0 Å². The Kier molecular flexibility index (Phi) is 5.99. The molecule has 2 nitrogen and oxygen atoms in total. The fraction of sp³-hybridized carbons (Fsp3) is 0.107. The van der Waals surface area contributed by atoms with Crippen molar-refractivity contribution in [3.63, 3.8) is 0 Å². The first-order valence-electron chi connectivity index (χ1n) is 10.6. The molecule has 0 aliphatic heterocycles. The number of rotatable bonds is 5. The van der Waals surface area contributed by atoms with Crippen molar-refractivity contribution in [2.45, 2.75) is 12.8 Å². The number of aromatic nitrogens is 1. The number of nitrogens with zero attached hydrogens (tertiary/aromatic N) is 1. The highest BCUT2D eigenvalue weighted by atomic mass is 79.9. The molecule has 1 aliphatic rings. The molecule has 158 valence electrons. The van der Waals surface area contributed by atoms with Crippen LogP contribution in [0.1, 0.15) is 22.3 Å². The Hall–Kier alpha value is -2.69. The van der Waals surface area contributed by atoms with Crippen molar-refractivity contribution in [2.75, 3.05) is 5.33 Å². The van der Waals surface area contributed by atoms with E-state index >= 15 is 0 Å². The lowest BCUT2D eigenvalue weighted by atomic mass is 9.90. The van der Waals surface area contributed by atoms with Gasteiger partial charge in [0, 0.05) is 23.3 Å². The van der Waals surface area contributed by atoms with Crippen LogP contribution in [0.5, 0.6) is 0 Å². The third kappa shape index (κ3) is 3.82. The van der Waals surface area contributed by atoms with Gasteiger partial charge in [-0.05, 0) is 86.6 Å². The Morgan fingerprint density at radius 3 is 2.50 bits per heavy atom. The second kappa shape index (κ2) is 9.05. The molecule has 0 spiro atoms. The van der Waals surface area contributed by atoms with Gasteiger partial charge in [0.2, 0.25) is 0 Å². The van der Waals surface area contributed by atoms with Crippen LogP contribution >= 0.6 is 31.9 Å². The first-order chi connectivity index (χ1) is 15.7. The molecule has 0 N–H and O–H groups in total. The molecule has 0 atom stereocenters. The van der Waals surface area contributed by atoms with Gasteiger partial charge in [0.1, 0.15) is 0 Å². The summed E-state index contributed by atoms with van der Waals surface area (Å²) < 4.78 is 1.70. The van der Waals surface area contributed by atoms with Gasteiger partial charge in [-0.3, -0.25) is 9.36 Å². The Morgan fingerprint density at radius 1 is 0.938 bits per heavy atom. The average Bonchev–Trinajstić information content (AvgIpc) is 3.19. The van der Waals surface area contributed by atoms with Crippen molar-refractivity contribution in [3.05, 3.63) is 117 Å². The lowest BCUT2D eigenvalue weighted by Gasteiger charge is -2.16. The smallest absolute Gasteiger partial charge is 0.255 e. The van der Waals surface area contributed by atoms with E-state index in [1.807, 2.05) is 41.5 Å². The number of halogens is 2. The van der Waals surface area contributed by atoms with Crippen LogP contribution < -0.4 is 5.56 Å². The zero-order chi connectivity index (χ0) is 22.1. The van der Waals surface area contributed by atoms with E-state index in [4.69, 9.17) is 0 Å². The SMILES string of the molecule is O=c1cc(-c2c(CCBr)ccc3c2Cc2ccccc2-3)ccn1-c1ccc(C=CBr)cc1. The summed E-state index contributed by atoms with van der Waals surface area (Å²) in [6.45, 7) is 0. The van der Waals surface area contributed by atoms with E-state index in [0.29, 0.717) is 0 Å². The summed E-state index contributed by atoms with van der Waals surface area (Å²) in [7, 11) is 0. The number of alkyl halides is 1. The average molecular weight is 547 g/mol. The van der Waals surface area contributed by atoms with Crippen LogP contribution in [-0.4, -0.2) is 9.90 Å². The predicted octanol–water partition coefficient (Wildman–Crippen LogP) is 7.38. The van der Waals surface area contributed by atoms with E-state index in [1.54, 1.807) is 10.6 Å².